The van der Waals surface area contributed by atoms with Crippen LogP contribution in [0.4, 0.5) is 0 Å². The molecule has 0 aliphatic carbocycles. The van der Waals surface area contributed by atoms with Gasteiger partial charge in [0.1, 0.15) is 0 Å². The van der Waals surface area contributed by atoms with E-state index in [1.165, 1.54) is 12.8 Å². The highest BCUT2D eigenvalue weighted by Crippen LogP contribution is 2.27. The average molecular weight is 369 g/mol. The van der Waals surface area contributed by atoms with E-state index in [0.29, 0.717) is 33.8 Å². The lowest BCUT2D eigenvalue weighted by atomic mass is 9.96. The Balaban J connectivity index is 1.54. The quantitative estimate of drug-likeness (QED) is 0.811. The molecule has 0 aromatic heterocycles. The second-order valence-corrected chi connectivity index (χ2v) is 7.60. The van der Waals surface area contributed by atoms with Gasteiger partial charge in [0, 0.05) is 34.3 Å². The molecule has 0 saturated carbocycles. The number of amides is 1. The normalized spacial score (nSPS) is 24.3. The molecule has 5 heteroatoms. The van der Waals surface area contributed by atoms with E-state index in [4.69, 9.17) is 11.6 Å². The standard InChI is InChI=1S/C21H21ClN2O2/c22-14-7-5-13(6-8-14)20(25)18-3-1-2-4-19(18)21(26)24-17-11-15-9-10-16(12-17)23-15/h1-8,15-17,23H,9-12H2,(H,24,26). The van der Waals surface area contributed by atoms with Crippen LogP contribution in [0, 0.1) is 0 Å². The summed E-state index contributed by atoms with van der Waals surface area (Å²) in [6, 6.07) is 14.9. The number of ketones is 1. The number of hydrogen-bond donors (Lipinski definition) is 2. The minimum absolute atomic E-state index is 0.167. The summed E-state index contributed by atoms with van der Waals surface area (Å²) in [5, 5.41) is 7.29. The zero-order valence-corrected chi connectivity index (χ0v) is 15.1. The Morgan fingerprint density at radius 2 is 1.54 bits per heavy atom. The maximum absolute atomic E-state index is 12.9. The van der Waals surface area contributed by atoms with Gasteiger partial charge < -0.3 is 10.6 Å². The molecule has 2 aromatic carbocycles. The summed E-state index contributed by atoms with van der Waals surface area (Å²) < 4.78 is 0. The van der Waals surface area contributed by atoms with Crippen LogP contribution in [0.2, 0.25) is 5.02 Å². The third-order valence-corrected chi connectivity index (χ3v) is 5.58. The van der Waals surface area contributed by atoms with Crippen molar-refractivity contribution in [2.24, 2.45) is 0 Å². The predicted octanol–water partition coefficient (Wildman–Crippen LogP) is 3.58. The molecule has 134 valence electrons. The van der Waals surface area contributed by atoms with Gasteiger partial charge in [-0.05, 0) is 56.0 Å². The number of halogens is 1. The van der Waals surface area contributed by atoms with Crippen molar-refractivity contribution in [1.82, 2.24) is 10.6 Å². The molecule has 2 fully saturated rings. The van der Waals surface area contributed by atoms with E-state index in [9.17, 15) is 9.59 Å². The number of benzene rings is 2. The summed E-state index contributed by atoms with van der Waals surface area (Å²) in [7, 11) is 0. The van der Waals surface area contributed by atoms with Gasteiger partial charge in [-0.3, -0.25) is 9.59 Å². The summed E-state index contributed by atoms with van der Waals surface area (Å²) in [6.45, 7) is 0. The third kappa shape index (κ3) is 3.53. The summed E-state index contributed by atoms with van der Waals surface area (Å²) in [5.41, 5.74) is 1.37. The highest BCUT2D eigenvalue weighted by molar-refractivity contribution is 6.30. The van der Waals surface area contributed by atoms with Crippen molar-refractivity contribution in [3.05, 3.63) is 70.2 Å². The predicted molar refractivity (Wildman–Crippen MR) is 102 cm³/mol. The smallest absolute Gasteiger partial charge is 0.252 e. The van der Waals surface area contributed by atoms with Crippen LogP contribution in [0.5, 0.6) is 0 Å². The Labute approximate surface area is 157 Å². The number of nitrogens with one attached hydrogen (secondary N) is 2. The number of fused-ring (bicyclic) bond motifs is 2. The molecule has 4 nitrogen and oxygen atoms in total. The van der Waals surface area contributed by atoms with Crippen LogP contribution in [-0.2, 0) is 0 Å². The molecule has 2 N–H and O–H groups in total. The molecule has 1 amide bonds. The second kappa shape index (κ2) is 7.22. The lowest BCUT2D eigenvalue weighted by Crippen LogP contribution is -2.48. The monoisotopic (exact) mass is 368 g/mol. The molecule has 2 atom stereocenters. The van der Waals surface area contributed by atoms with Gasteiger partial charge >= 0.3 is 0 Å². The highest BCUT2D eigenvalue weighted by atomic mass is 35.5. The van der Waals surface area contributed by atoms with Crippen molar-refractivity contribution >= 4 is 23.3 Å². The maximum Gasteiger partial charge on any atom is 0.252 e. The molecular formula is C21H21ClN2O2. The first-order valence-corrected chi connectivity index (χ1v) is 9.44. The van der Waals surface area contributed by atoms with Gasteiger partial charge in [-0.25, -0.2) is 0 Å². The Morgan fingerprint density at radius 1 is 0.923 bits per heavy atom. The molecule has 0 radical (unpaired) electrons. The van der Waals surface area contributed by atoms with Crippen LogP contribution in [0.25, 0.3) is 0 Å². The SMILES string of the molecule is O=C(NC1CC2CCC(C1)N2)c1ccccc1C(=O)c1ccc(Cl)cc1. The fourth-order valence-corrected chi connectivity index (χ4v) is 4.20. The first-order valence-electron chi connectivity index (χ1n) is 9.06. The fraction of sp³-hybridized carbons (Fsp3) is 0.333. The van der Waals surface area contributed by atoms with E-state index in [0.717, 1.165) is 12.8 Å². The molecule has 2 aromatic rings. The summed E-state index contributed by atoms with van der Waals surface area (Å²) in [6.07, 6.45) is 4.27. The molecular weight excluding hydrogens is 348 g/mol. The van der Waals surface area contributed by atoms with Gasteiger partial charge in [0.05, 0.1) is 5.56 Å². The molecule has 0 spiro atoms. The lowest BCUT2D eigenvalue weighted by Gasteiger charge is -2.29. The van der Waals surface area contributed by atoms with Crippen LogP contribution in [0.1, 0.15) is 52.0 Å². The van der Waals surface area contributed by atoms with Gasteiger partial charge in [-0.15, -0.1) is 0 Å². The highest BCUT2D eigenvalue weighted by Gasteiger charge is 2.34. The molecule has 4 rings (SSSR count). The van der Waals surface area contributed by atoms with Gasteiger partial charge in [0.15, 0.2) is 5.78 Å². The van der Waals surface area contributed by atoms with E-state index in [2.05, 4.69) is 10.6 Å². The molecule has 2 unspecified atom stereocenters. The van der Waals surface area contributed by atoms with E-state index in [1.54, 1.807) is 48.5 Å². The molecule has 26 heavy (non-hydrogen) atoms. The Kier molecular flexibility index (Phi) is 4.79. The number of rotatable bonds is 4. The minimum Gasteiger partial charge on any atom is -0.349 e. The first kappa shape index (κ1) is 17.3. The second-order valence-electron chi connectivity index (χ2n) is 7.16. The maximum atomic E-state index is 12.9. The van der Waals surface area contributed by atoms with Crippen molar-refractivity contribution in [3.8, 4) is 0 Å². The van der Waals surface area contributed by atoms with Crippen molar-refractivity contribution < 1.29 is 9.59 Å². The molecule has 2 aliphatic heterocycles. The fourth-order valence-electron chi connectivity index (χ4n) is 4.07. The van der Waals surface area contributed by atoms with Crippen LogP contribution in [-0.4, -0.2) is 29.8 Å². The Hall–Kier alpha value is -2.17. The summed E-state index contributed by atoms with van der Waals surface area (Å²) >= 11 is 5.90. The molecule has 2 saturated heterocycles. The van der Waals surface area contributed by atoms with Gasteiger partial charge in [0.25, 0.3) is 5.91 Å². The number of piperidine rings is 1. The lowest BCUT2D eigenvalue weighted by molar-refractivity contribution is 0.0914. The third-order valence-electron chi connectivity index (χ3n) is 5.33. The van der Waals surface area contributed by atoms with Crippen LogP contribution < -0.4 is 10.6 Å². The van der Waals surface area contributed by atoms with Crippen molar-refractivity contribution in [1.29, 1.82) is 0 Å². The number of hydrogen-bond acceptors (Lipinski definition) is 3. The van der Waals surface area contributed by atoms with Crippen molar-refractivity contribution in [2.45, 2.75) is 43.8 Å². The summed E-state index contributed by atoms with van der Waals surface area (Å²) in [5.74, 6) is -0.341. The van der Waals surface area contributed by atoms with E-state index >= 15 is 0 Å². The van der Waals surface area contributed by atoms with Crippen molar-refractivity contribution in [3.63, 3.8) is 0 Å². The minimum atomic E-state index is -0.172. The summed E-state index contributed by atoms with van der Waals surface area (Å²) in [4.78, 5) is 25.7. The Morgan fingerprint density at radius 3 is 2.19 bits per heavy atom. The van der Waals surface area contributed by atoms with Crippen LogP contribution >= 0.6 is 11.6 Å². The molecule has 2 heterocycles. The van der Waals surface area contributed by atoms with Crippen LogP contribution in [0.3, 0.4) is 0 Å². The largest absolute Gasteiger partial charge is 0.349 e. The van der Waals surface area contributed by atoms with E-state index in [1.807, 2.05) is 0 Å². The zero-order chi connectivity index (χ0) is 18.1. The average Bonchev–Trinajstić information content (AvgIpc) is 3.00. The molecule has 2 bridgehead atoms. The van der Waals surface area contributed by atoms with Gasteiger partial charge in [-0.2, -0.15) is 0 Å². The Bertz CT molecular complexity index is 822. The zero-order valence-electron chi connectivity index (χ0n) is 14.4. The van der Waals surface area contributed by atoms with Gasteiger partial charge in [0.2, 0.25) is 0 Å². The molecule has 2 aliphatic rings. The number of carbonyl (C=O) groups is 2. The topological polar surface area (TPSA) is 58.2 Å². The van der Waals surface area contributed by atoms with Gasteiger partial charge in [-0.1, -0.05) is 29.8 Å². The van der Waals surface area contributed by atoms with E-state index < -0.39 is 0 Å². The first-order chi connectivity index (χ1) is 12.6. The number of carbonyl (C=O) groups excluding carboxylic acids is 2. The van der Waals surface area contributed by atoms with E-state index in [-0.39, 0.29) is 17.7 Å². The van der Waals surface area contributed by atoms with Crippen LogP contribution in [0.15, 0.2) is 48.5 Å². The van der Waals surface area contributed by atoms with Crippen molar-refractivity contribution in [2.75, 3.05) is 0 Å².